The molecule has 1 aromatic heterocycles. The van der Waals surface area contributed by atoms with Gasteiger partial charge in [0.2, 0.25) is 0 Å². The maximum atomic E-state index is 12.0. The zero-order valence-corrected chi connectivity index (χ0v) is 15.5. The van der Waals surface area contributed by atoms with Gasteiger partial charge < -0.3 is 9.84 Å². The minimum atomic E-state index is -1.28. The molecule has 0 saturated heterocycles. The third-order valence-corrected chi connectivity index (χ3v) is 6.24. The van der Waals surface area contributed by atoms with Crippen molar-refractivity contribution in [3.05, 3.63) is 94.8 Å². The van der Waals surface area contributed by atoms with E-state index in [1.54, 1.807) is 24.4 Å². The summed E-state index contributed by atoms with van der Waals surface area (Å²) in [4.78, 5) is 4.18. The molecular formula is C24H17N3O2. The van der Waals surface area contributed by atoms with Crippen LogP contribution in [0, 0.1) is 22.7 Å². The molecular weight excluding hydrogens is 362 g/mol. The summed E-state index contributed by atoms with van der Waals surface area (Å²) in [6, 6.07) is 23.0. The molecule has 5 nitrogen and oxygen atoms in total. The van der Waals surface area contributed by atoms with Crippen LogP contribution in [0.2, 0.25) is 0 Å². The number of hydrogen-bond donors (Lipinski definition) is 1. The molecule has 2 aromatic carbocycles. The van der Waals surface area contributed by atoms with E-state index in [1.807, 2.05) is 48.5 Å². The van der Waals surface area contributed by atoms with Crippen LogP contribution in [0.15, 0.2) is 66.9 Å². The van der Waals surface area contributed by atoms with Gasteiger partial charge in [-0.2, -0.15) is 10.5 Å². The molecule has 1 saturated carbocycles. The fourth-order valence-electron chi connectivity index (χ4n) is 4.97. The Kier molecular flexibility index (Phi) is 3.71. The molecule has 5 rings (SSSR count). The molecule has 5 heteroatoms. The van der Waals surface area contributed by atoms with Crippen LogP contribution in [-0.2, 0) is 11.2 Å². The first-order chi connectivity index (χ1) is 14.1. The third-order valence-electron chi connectivity index (χ3n) is 6.24. The highest BCUT2D eigenvalue weighted by Gasteiger charge is 2.68. The van der Waals surface area contributed by atoms with Gasteiger partial charge in [-0.05, 0) is 36.1 Å². The lowest BCUT2D eigenvalue weighted by atomic mass is 9.72. The molecule has 0 radical (unpaired) electrons. The van der Waals surface area contributed by atoms with Gasteiger partial charge in [0.15, 0.2) is 5.60 Å². The van der Waals surface area contributed by atoms with E-state index in [-0.39, 0.29) is 11.6 Å². The Bertz CT molecular complexity index is 1180. The van der Waals surface area contributed by atoms with E-state index in [0.29, 0.717) is 23.3 Å². The highest BCUT2D eigenvalue weighted by atomic mass is 16.5. The average Bonchev–Trinajstić information content (AvgIpc) is 3.21. The molecule has 3 unspecified atom stereocenters. The summed E-state index contributed by atoms with van der Waals surface area (Å²) < 4.78 is 6.57. The second-order valence-corrected chi connectivity index (χ2v) is 7.57. The molecule has 140 valence electrons. The maximum Gasteiger partial charge on any atom is 0.174 e. The number of ether oxygens (including phenoxy) is 1. The lowest BCUT2D eigenvalue weighted by Crippen LogP contribution is -2.48. The molecule has 2 aliphatic rings. The normalized spacial score (nSPS) is 26.7. The minimum absolute atomic E-state index is 0.0976. The Morgan fingerprint density at radius 2 is 1.79 bits per heavy atom. The van der Waals surface area contributed by atoms with Crippen LogP contribution in [-0.4, -0.2) is 10.1 Å². The van der Waals surface area contributed by atoms with Crippen molar-refractivity contribution in [3.63, 3.8) is 0 Å². The SMILES string of the molecule is N#Cc1ccc(C23Oc4cc(C#N)ncc4C2(O)CCC3c2ccccc2)cc1. The van der Waals surface area contributed by atoms with Gasteiger partial charge in [-0.1, -0.05) is 42.5 Å². The summed E-state index contributed by atoms with van der Waals surface area (Å²) in [6.45, 7) is 0. The van der Waals surface area contributed by atoms with E-state index in [9.17, 15) is 15.6 Å². The van der Waals surface area contributed by atoms with Crippen LogP contribution in [0.5, 0.6) is 5.75 Å². The van der Waals surface area contributed by atoms with Gasteiger partial charge in [0, 0.05) is 23.7 Å². The summed E-state index contributed by atoms with van der Waals surface area (Å²) in [5, 5.41) is 30.4. The topological polar surface area (TPSA) is 89.9 Å². The van der Waals surface area contributed by atoms with Crippen LogP contribution in [0.3, 0.4) is 0 Å². The number of pyridine rings is 1. The Balaban J connectivity index is 1.76. The molecule has 0 amide bonds. The second-order valence-electron chi connectivity index (χ2n) is 7.57. The summed E-state index contributed by atoms with van der Waals surface area (Å²) in [5.41, 5.74) is 0.956. The van der Waals surface area contributed by atoms with Crippen molar-refractivity contribution in [1.29, 1.82) is 10.5 Å². The Labute approximate surface area is 168 Å². The predicted octanol–water partition coefficient (Wildman–Crippen LogP) is 3.88. The highest BCUT2D eigenvalue weighted by Crippen LogP contribution is 2.66. The molecule has 1 aliphatic heterocycles. The number of aliphatic hydroxyl groups is 1. The first-order valence-corrected chi connectivity index (χ1v) is 9.50. The summed E-state index contributed by atoms with van der Waals surface area (Å²) in [5.74, 6) is 0.392. The van der Waals surface area contributed by atoms with Gasteiger partial charge in [0.25, 0.3) is 0 Å². The van der Waals surface area contributed by atoms with Crippen LogP contribution < -0.4 is 4.74 Å². The van der Waals surface area contributed by atoms with Gasteiger partial charge in [-0.25, -0.2) is 4.98 Å². The number of fused-ring (bicyclic) bond motifs is 3. The fourth-order valence-corrected chi connectivity index (χ4v) is 4.97. The zero-order valence-electron chi connectivity index (χ0n) is 15.5. The zero-order chi connectivity index (χ0) is 20.1. The lowest BCUT2D eigenvalue weighted by Gasteiger charge is -2.40. The van der Waals surface area contributed by atoms with E-state index >= 15 is 0 Å². The molecule has 2 heterocycles. The van der Waals surface area contributed by atoms with Crippen LogP contribution in [0.1, 0.15) is 46.7 Å². The van der Waals surface area contributed by atoms with E-state index in [0.717, 1.165) is 17.5 Å². The number of nitrogens with zero attached hydrogens (tertiary/aromatic N) is 3. The fraction of sp³-hybridized carbons (Fsp3) is 0.208. The van der Waals surface area contributed by atoms with E-state index in [4.69, 9.17) is 4.74 Å². The van der Waals surface area contributed by atoms with Crippen molar-refractivity contribution in [3.8, 4) is 17.9 Å². The third kappa shape index (κ3) is 2.26. The number of aromatic nitrogens is 1. The average molecular weight is 379 g/mol. The van der Waals surface area contributed by atoms with E-state index in [2.05, 4.69) is 11.1 Å². The van der Waals surface area contributed by atoms with Crippen molar-refractivity contribution in [1.82, 2.24) is 4.98 Å². The van der Waals surface area contributed by atoms with Crippen molar-refractivity contribution < 1.29 is 9.84 Å². The first-order valence-electron chi connectivity index (χ1n) is 9.50. The summed E-state index contributed by atoms with van der Waals surface area (Å²) in [7, 11) is 0. The van der Waals surface area contributed by atoms with Crippen molar-refractivity contribution >= 4 is 0 Å². The quantitative estimate of drug-likeness (QED) is 0.730. The summed E-state index contributed by atoms with van der Waals surface area (Å²) >= 11 is 0. The Morgan fingerprint density at radius 1 is 1.03 bits per heavy atom. The number of nitriles is 2. The predicted molar refractivity (Wildman–Crippen MR) is 105 cm³/mol. The first kappa shape index (κ1) is 17.4. The van der Waals surface area contributed by atoms with Crippen molar-refractivity contribution in [2.75, 3.05) is 0 Å². The molecule has 3 atom stereocenters. The molecule has 3 aromatic rings. The van der Waals surface area contributed by atoms with Gasteiger partial charge in [0.05, 0.1) is 11.6 Å². The Hall–Kier alpha value is -3.67. The second kappa shape index (κ2) is 6.17. The van der Waals surface area contributed by atoms with Crippen LogP contribution in [0.25, 0.3) is 0 Å². The molecule has 0 spiro atoms. The van der Waals surface area contributed by atoms with Crippen LogP contribution in [0.4, 0.5) is 0 Å². The number of hydrogen-bond acceptors (Lipinski definition) is 5. The standard InChI is InChI=1S/C24H17N3O2/c25-13-16-6-8-18(9-7-16)24-20(17-4-2-1-3-5-17)10-11-23(24,28)21-15-27-19(14-26)12-22(21)29-24/h1-9,12,15,20,28H,10-11H2. The summed E-state index contributed by atoms with van der Waals surface area (Å²) in [6.07, 6.45) is 2.81. The van der Waals surface area contributed by atoms with Crippen LogP contribution >= 0.6 is 0 Å². The van der Waals surface area contributed by atoms with Gasteiger partial charge in [0.1, 0.15) is 23.1 Å². The number of rotatable bonds is 2. The molecule has 0 bridgehead atoms. The van der Waals surface area contributed by atoms with E-state index in [1.165, 1.54) is 0 Å². The van der Waals surface area contributed by atoms with Gasteiger partial charge in [-0.15, -0.1) is 0 Å². The lowest BCUT2D eigenvalue weighted by molar-refractivity contribution is -0.105. The van der Waals surface area contributed by atoms with Crippen molar-refractivity contribution in [2.24, 2.45) is 0 Å². The smallest absolute Gasteiger partial charge is 0.174 e. The highest BCUT2D eigenvalue weighted by molar-refractivity contribution is 5.54. The van der Waals surface area contributed by atoms with E-state index < -0.39 is 11.2 Å². The molecule has 1 aliphatic carbocycles. The monoisotopic (exact) mass is 379 g/mol. The van der Waals surface area contributed by atoms with Gasteiger partial charge >= 0.3 is 0 Å². The maximum absolute atomic E-state index is 12.0. The number of benzene rings is 2. The largest absolute Gasteiger partial charge is 0.478 e. The Morgan fingerprint density at radius 3 is 2.48 bits per heavy atom. The van der Waals surface area contributed by atoms with Crippen molar-refractivity contribution in [2.45, 2.75) is 30.0 Å². The molecule has 1 fully saturated rings. The van der Waals surface area contributed by atoms with Gasteiger partial charge in [-0.3, -0.25) is 0 Å². The minimum Gasteiger partial charge on any atom is -0.478 e. The molecule has 29 heavy (non-hydrogen) atoms. The molecule has 1 N–H and O–H groups in total.